The summed E-state index contributed by atoms with van der Waals surface area (Å²) in [6.07, 6.45) is -1.29. The van der Waals surface area contributed by atoms with Crippen LogP contribution >= 0.6 is 0 Å². The van der Waals surface area contributed by atoms with Crippen molar-refractivity contribution < 1.29 is 18.0 Å². The van der Waals surface area contributed by atoms with Gasteiger partial charge in [0.25, 0.3) is 0 Å². The monoisotopic (exact) mass is 547 g/mol. The molecular formula is C29H28F3N7O. The Balaban J connectivity index is 1.25. The number of hydrogen-bond acceptors (Lipinski definition) is 5. The molecule has 206 valence electrons. The van der Waals surface area contributed by atoms with Gasteiger partial charge in [-0.15, -0.1) is 0 Å². The van der Waals surface area contributed by atoms with E-state index in [1.54, 1.807) is 36.7 Å². The second kappa shape index (κ2) is 11.4. The van der Waals surface area contributed by atoms with Gasteiger partial charge in [-0.25, -0.2) is 9.78 Å². The number of nitrogens with one attached hydrogen (secondary N) is 3. The summed E-state index contributed by atoms with van der Waals surface area (Å²) in [5, 5.41) is 12.6. The summed E-state index contributed by atoms with van der Waals surface area (Å²) in [4.78, 5) is 21.2. The molecule has 0 spiro atoms. The highest BCUT2D eigenvalue weighted by Gasteiger charge is 2.34. The Hall–Kier alpha value is -4.40. The molecule has 0 saturated carbocycles. The van der Waals surface area contributed by atoms with Gasteiger partial charge in [-0.3, -0.25) is 10.00 Å². The van der Waals surface area contributed by atoms with Gasteiger partial charge in [0.2, 0.25) is 0 Å². The number of carbonyl (C=O) groups excluding carboxylic acids is 1. The van der Waals surface area contributed by atoms with Gasteiger partial charge in [0, 0.05) is 61.1 Å². The zero-order valence-electron chi connectivity index (χ0n) is 22.1. The van der Waals surface area contributed by atoms with Crippen LogP contribution in [0.5, 0.6) is 0 Å². The van der Waals surface area contributed by atoms with E-state index >= 15 is 0 Å². The number of aryl methyl sites for hydroxylation is 1. The quantitative estimate of drug-likeness (QED) is 0.310. The standard InChI is InChI=1S/C29H28F3N7O/c1-19-13-24(7-6-22(19)5-3-20-14-23-17-34-37-27(23)33-16-20)35-28(40)36-26-8-4-21(15-25(26)29(30,31)32)18-39-11-9-38(2)10-12-39/h4,6-8,13-17H,9-12,18H2,1-2H3,(H,33,34,37)(H2,35,36,40). The smallest absolute Gasteiger partial charge is 0.308 e. The lowest BCUT2D eigenvalue weighted by atomic mass is 10.1. The highest BCUT2D eigenvalue weighted by atomic mass is 19.4. The highest BCUT2D eigenvalue weighted by molar-refractivity contribution is 6.00. The third kappa shape index (κ3) is 6.59. The van der Waals surface area contributed by atoms with Crippen molar-refractivity contribution in [2.45, 2.75) is 19.6 Å². The number of pyridine rings is 1. The normalized spacial score (nSPS) is 14.5. The zero-order chi connectivity index (χ0) is 28.3. The number of anilines is 2. The first-order valence-corrected chi connectivity index (χ1v) is 12.7. The number of nitrogens with zero attached hydrogens (tertiary/aromatic N) is 4. The maximum Gasteiger partial charge on any atom is 0.418 e. The van der Waals surface area contributed by atoms with E-state index in [0.29, 0.717) is 23.4 Å². The number of fused-ring (bicyclic) bond motifs is 1. The molecule has 0 atom stereocenters. The molecule has 11 heteroatoms. The Bertz CT molecular complexity index is 1590. The molecule has 3 N–H and O–H groups in total. The second-order valence-electron chi connectivity index (χ2n) is 9.85. The van der Waals surface area contributed by atoms with Crippen LogP contribution in [0.2, 0.25) is 0 Å². The highest BCUT2D eigenvalue weighted by Crippen LogP contribution is 2.36. The van der Waals surface area contributed by atoms with E-state index in [2.05, 4.69) is 47.5 Å². The van der Waals surface area contributed by atoms with E-state index < -0.39 is 17.8 Å². The molecule has 4 aromatic rings. The molecule has 2 amide bonds. The van der Waals surface area contributed by atoms with Crippen molar-refractivity contribution in [3.05, 3.63) is 82.7 Å². The number of carbonyl (C=O) groups is 1. The fraction of sp³-hybridized carbons (Fsp3) is 0.276. The molecule has 1 aliphatic heterocycles. The van der Waals surface area contributed by atoms with Crippen molar-refractivity contribution in [1.29, 1.82) is 0 Å². The third-order valence-corrected chi connectivity index (χ3v) is 6.76. The average molecular weight is 548 g/mol. The summed E-state index contributed by atoms with van der Waals surface area (Å²) in [5.41, 5.74) is 2.76. The van der Waals surface area contributed by atoms with Crippen LogP contribution in [-0.4, -0.2) is 64.2 Å². The van der Waals surface area contributed by atoms with E-state index in [9.17, 15) is 18.0 Å². The summed E-state index contributed by atoms with van der Waals surface area (Å²) >= 11 is 0. The van der Waals surface area contributed by atoms with Crippen molar-refractivity contribution in [3.63, 3.8) is 0 Å². The Morgan fingerprint density at radius 2 is 1.82 bits per heavy atom. The van der Waals surface area contributed by atoms with Crippen LogP contribution in [0.1, 0.15) is 27.8 Å². The van der Waals surface area contributed by atoms with Crippen LogP contribution in [0.15, 0.2) is 54.9 Å². The van der Waals surface area contributed by atoms with Crippen molar-refractivity contribution in [3.8, 4) is 11.8 Å². The summed E-state index contributed by atoms with van der Waals surface area (Å²) < 4.78 is 41.6. The van der Waals surface area contributed by atoms with E-state index in [4.69, 9.17) is 0 Å². The average Bonchev–Trinajstić information content (AvgIpc) is 3.38. The minimum Gasteiger partial charge on any atom is -0.308 e. The fourth-order valence-electron chi connectivity index (χ4n) is 4.51. The SMILES string of the molecule is Cc1cc(NC(=O)Nc2ccc(CN3CCN(C)CC3)cc2C(F)(F)F)ccc1C#Cc1cnc2[nH]ncc2c1. The topological polar surface area (TPSA) is 89.2 Å². The fourth-order valence-corrected chi connectivity index (χ4v) is 4.51. The van der Waals surface area contributed by atoms with Crippen LogP contribution in [-0.2, 0) is 12.7 Å². The van der Waals surface area contributed by atoms with Crippen LogP contribution in [0.3, 0.4) is 0 Å². The van der Waals surface area contributed by atoms with Gasteiger partial charge in [0.05, 0.1) is 17.4 Å². The maximum atomic E-state index is 13.9. The Labute approximate surface area is 229 Å². The molecule has 0 radical (unpaired) electrons. The van der Waals surface area contributed by atoms with Gasteiger partial charge in [0.1, 0.15) is 0 Å². The van der Waals surface area contributed by atoms with Gasteiger partial charge >= 0.3 is 12.2 Å². The molecule has 8 nitrogen and oxygen atoms in total. The Morgan fingerprint density at radius 1 is 1.02 bits per heavy atom. The number of hydrogen-bond donors (Lipinski definition) is 3. The number of likely N-dealkylation sites (N-methyl/N-ethyl adjacent to an activating group) is 1. The number of H-pyrrole nitrogens is 1. The molecule has 0 aliphatic carbocycles. The number of rotatable bonds is 4. The van der Waals surface area contributed by atoms with E-state index in [1.807, 2.05) is 20.0 Å². The van der Waals surface area contributed by atoms with Crippen LogP contribution in [0, 0.1) is 18.8 Å². The predicted molar refractivity (Wildman–Crippen MR) is 148 cm³/mol. The zero-order valence-corrected chi connectivity index (χ0v) is 22.1. The van der Waals surface area contributed by atoms with Gasteiger partial charge in [0.15, 0.2) is 5.65 Å². The summed E-state index contributed by atoms with van der Waals surface area (Å²) in [7, 11) is 2.02. The summed E-state index contributed by atoms with van der Waals surface area (Å²) in [6.45, 7) is 5.60. The lowest BCUT2D eigenvalue weighted by molar-refractivity contribution is -0.137. The first kappa shape index (κ1) is 27.2. The van der Waals surface area contributed by atoms with Crippen molar-refractivity contribution in [1.82, 2.24) is 25.0 Å². The van der Waals surface area contributed by atoms with Crippen LogP contribution in [0.25, 0.3) is 11.0 Å². The molecule has 2 aromatic carbocycles. The van der Waals surface area contributed by atoms with Crippen LogP contribution < -0.4 is 10.6 Å². The molecule has 1 fully saturated rings. The number of aromatic amines is 1. The molecule has 0 unspecified atom stereocenters. The van der Waals surface area contributed by atoms with Crippen molar-refractivity contribution in [2.24, 2.45) is 0 Å². The molecule has 5 rings (SSSR count). The largest absolute Gasteiger partial charge is 0.418 e. The number of benzene rings is 2. The van der Waals surface area contributed by atoms with Crippen LogP contribution in [0.4, 0.5) is 29.3 Å². The minimum atomic E-state index is -4.62. The molecule has 0 bridgehead atoms. The predicted octanol–water partition coefficient (Wildman–Crippen LogP) is 5.08. The minimum absolute atomic E-state index is 0.297. The second-order valence-corrected chi connectivity index (χ2v) is 9.85. The molecule has 1 aliphatic rings. The first-order valence-electron chi connectivity index (χ1n) is 12.7. The molecular weight excluding hydrogens is 519 g/mol. The molecule has 3 heterocycles. The van der Waals surface area contributed by atoms with E-state index in [-0.39, 0.29) is 5.69 Å². The number of urea groups is 1. The van der Waals surface area contributed by atoms with Gasteiger partial charge in [-0.2, -0.15) is 18.3 Å². The lowest BCUT2D eigenvalue weighted by Gasteiger charge is -2.32. The third-order valence-electron chi connectivity index (χ3n) is 6.76. The van der Waals surface area contributed by atoms with Crippen molar-refractivity contribution in [2.75, 3.05) is 43.9 Å². The summed E-state index contributed by atoms with van der Waals surface area (Å²) in [6, 6.07) is 10.3. The Morgan fingerprint density at radius 3 is 2.58 bits per heavy atom. The van der Waals surface area contributed by atoms with E-state index in [1.165, 1.54) is 6.07 Å². The number of amides is 2. The van der Waals surface area contributed by atoms with Gasteiger partial charge in [-0.1, -0.05) is 17.9 Å². The van der Waals surface area contributed by atoms with Gasteiger partial charge in [-0.05, 0) is 61.5 Å². The van der Waals surface area contributed by atoms with E-state index in [0.717, 1.165) is 54.3 Å². The number of piperazine rings is 1. The molecule has 1 saturated heterocycles. The maximum absolute atomic E-state index is 13.9. The molecule has 40 heavy (non-hydrogen) atoms. The number of aromatic nitrogens is 3. The lowest BCUT2D eigenvalue weighted by Crippen LogP contribution is -2.43. The Kier molecular flexibility index (Phi) is 7.73. The number of halogens is 3. The van der Waals surface area contributed by atoms with Crippen molar-refractivity contribution >= 4 is 28.4 Å². The summed E-state index contributed by atoms with van der Waals surface area (Å²) in [5.74, 6) is 6.15. The molecule has 2 aromatic heterocycles. The van der Waals surface area contributed by atoms with Gasteiger partial charge < -0.3 is 15.5 Å². The number of alkyl halides is 3. The first-order chi connectivity index (χ1) is 19.1.